The summed E-state index contributed by atoms with van der Waals surface area (Å²) in [5, 5.41) is 14.1. The van der Waals surface area contributed by atoms with Gasteiger partial charge in [-0.05, 0) is 77.0 Å². The van der Waals surface area contributed by atoms with Crippen molar-refractivity contribution in [3.8, 4) is 0 Å². The first-order valence-electron chi connectivity index (χ1n) is 32.6. The number of quaternary nitrogens is 1. The van der Waals surface area contributed by atoms with E-state index in [1.54, 1.807) is 0 Å². The number of aliphatic hydroxyl groups excluding tert-OH is 1. The monoisotopic (exact) mass is 1110 g/mol. The molecule has 9 heteroatoms. The van der Waals surface area contributed by atoms with Crippen LogP contribution >= 0.6 is 7.82 Å². The Kier molecular flexibility index (Phi) is 57.1. The van der Waals surface area contributed by atoms with Crippen LogP contribution in [0.4, 0.5) is 0 Å². The summed E-state index contributed by atoms with van der Waals surface area (Å²) in [4.78, 5) is 23.4. The Morgan fingerprint density at radius 1 is 0.449 bits per heavy atom. The molecule has 3 N–H and O–H groups in total. The summed E-state index contributed by atoms with van der Waals surface area (Å²) >= 11 is 0. The van der Waals surface area contributed by atoms with Gasteiger partial charge in [0.2, 0.25) is 5.91 Å². The van der Waals surface area contributed by atoms with Crippen molar-refractivity contribution in [2.24, 2.45) is 0 Å². The highest BCUT2D eigenvalue weighted by Gasteiger charge is 2.28. The van der Waals surface area contributed by atoms with Crippen LogP contribution in [-0.2, 0) is 18.4 Å². The minimum absolute atomic E-state index is 0.0715. The molecule has 0 aromatic rings. The molecular weight excluding hydrogens is 984 g/mol. The molecule has 0 spiro atoms. The predicted molar refractivity (Wildman–Crippen MR) is 341 cm³/mol. The zero-order valence-corrected chi connectivity index (χ0v) is 52.5. The normalized spacial score (nSPS) is 14.4. The molecule has 0 aliphatic heterocycles. The quantitative estimate of drug-likeness (QED) is 0.0243. The van der Waals surface area contributed by atoms with Gasteiger partial charge in [-0.3, -0.25) is 13.8 Å². The summed E-state index contributed by atoms with van der Waals surface area (Å²) in [6.45, 7) is 4.79. The highest BCUT2D eigenvalue weighted by atomic mass is 31.2. The van der Waals surface area contributed by atoms with E-state index in [2.05, 4.69) is 116 Å². The molecule has 0 rings (SSSR count). The van der Waals surface area contributed by atoms with E-state index in [4.69, 9.17) is 9.05 Å². The molecule has 3 atom stereocenters. The maximum absolute atomic E-state index is 13.0. The van der Waals surface area contributed by atoms with Crippen molar-refractivity contribution >= 4 is 13.7 Å². The average molecular weight is 1110 g/mol. The van der Waals surface area contributed by atoms with Gasteiger partial charge in [-0.2, -0.15) is 0 Å². The molecule has 0 aromatic heterocycles. The zero-order valence-electron chi connectivity index (χ0n) is 51.6. The van der Waals surface area contributed by atoms with Crippen LogP contribution in [0.1, 0.15) is 284 Å². The second kappa shape index (κ2) is 59.1. The predicted octanol–water partition coefficient (Wildman–Crippen LogP) is 20.5. The number of aliphatic hydroxyl groups is 1. The largest absolute Gasteiger partial charge is 0.472 e. The number of allylic oxidation sites excluding steroid dienone is 16. The number of rotatable bonds is 59. The van der Waals surface area contributed by atoms with Gasteiger partial charge in [0.25, 0.3) is 0 Å². The Labute approximate surface area is 483 Å². The minimum atomic E-state index is -4.33. The van der Waals surface area contributed by atoms with E-state index in [1.165, 1.54) is 167 Å². The van der Waals surface area contributed by atoms with Crippen molar-refractivity contribution in [1.29, 1.82) is 0 Å². The second-order valence-electron chi connectivity index (χ2n) is 23.1. The van der Waals surface area contributed by atoms with Gasteiger partial charge in [0.1, 0.15) is 13.2 Å². The van der Waals surface area contributed by atoms with E-state index >= 15 is 0 Å². The van der Waals surface area contributed by atoms with E-state index in [0.29, 0.717) is 23.9 Å². The van der Waals surface area contributed by atoms with E-state index in [0.717, 1.165) is 89.9 Å². The van der Waals surface area contributed by atoms with Gasteiger partial charge in [0.05, 0.1) is 39.9 Å². The number of unbranched alkanes of at least 4 members (excludes halogenated alkanes) is 30. The highest BCUT2D eigenvalue weighted by Crippen LogP contribution is 2.43. The summed E-state index contributed by atoms with van der Waals surface area (Å²) in [6.07, 6.45) is 84.8. The lowest BCUT2D eigenvalue weighted by molar-refractivity contribution is -0.870. The minimum Gasteiger partial charge on any atom is -0.391 e. The third-order valence-corrected chi connectivity index (χ3v) is 15.3. The van der Waals surface area contributed by atoms with Gasteiger partial charge in [-0.15, -0.1) is 0 Å². The number of phosphoric acid groups is 1. The first-order valence-corrected chi connectivity index (χ1v) is 34.1. The van der Waals surface area contributed by atoms with Crippen LogP contribution in [0.2, 0.25) is 0 Å². The van der Waals surface area contributed by atoms with Gasteiger partial charge in [0.15, 0.2) is 0 Å². The molecule has 1 amide bonds. The summed E-state index contributed by atoms with van der Waals surface area (Å²) in [6, 6.07) is -0.768. The molecule has 0 heterocycles. The van der Waals surface area contributed by atoms with Crippen molar-refractivity contribution in [2.45, 2.75) is 296 Å². The summed E-state index contributed by atoms with van der Waals surface area (Å²) < 4.78 is 23.8. The van der Waals surface area contributed by atoms with Gasteiger partial charge in [-0.1, -0.05) is 297 Å². The molecule has 0 bridgehead atoms. The topological polar surface area (TPSA) is 105 Å². The highest BCUT2D eigenvalue weighted by molar-refractivity contribution is 7.47. The Morgan fingerprint density at radius 3 is 1.13 bits per heavy atom. The summed E-state index contributed by atoms with van der Waals surface area (Å²) in [7, 11) is 1.61. The Hall–Kier alpha value is -2.58. The standard InChI is InChI=1S/C69H125N2O6P/c1-6-8-10-12-14-16-18-20-22-24-26-27-28-29-30-31-32-33-34-35-36-37-38-39-40-41-42-43-45-47-49-51-53-55-57-59-61-63-69(73)70-67(66-77-78(74,75)76-65-64-71(3,4)5)68(72)62-60-58-56-54-52-50-48-46-44-25-23-21-19-17-15-13-11-9-7-2/h8,10,14,16,20,22,26-27,29-30,32-33,35-36,38-39,67-68,72H,6-7,9,11-13,15,17-19,21,23-25,28,31,34,37,40-66H2,1-5H3,(H-,70,73,74,75)/p+1/b10-8-,16-14-,22-20-,27-26-,30-29-,33-32-,36-35-,39-38-. The molecule has 0 saturated heterocycles. The fourth-order valence-corrected chi connectivity index (χ4v) is 10.0. The maximum Gasteiger partial charge on any atom is 0.472 e. The first kappa shape index (κ1) is 75.4. The van der Waals surface area contributed by atoms with Crippen LogP contribution in [0.3, 0.4) is 0 Å². The van der Waals surface area contributed by atoms with Crippen LogP contribution in [0.5, 0.6) is 0 Å². The number of hydrogen-bond donors (Lipinski definition) is 3. The van der Waals surface area contributed by atoms with Crippen LogP contribution in [-0.4, -0.2) is 73.4 Å². The molecule has 0 aromatic carbocycles. The van der Waals surface area contributed by atoms with Gasteiger partial charge in [-0.25, -0.2) is 4.57 Å². The lowest BCUT2D eigenvalue weighted by Gasteiger charge is -2.26. The van der Waals surface area contributed by atoms with E-state index < -0.39 is 20.0 Å². The van der Waals surface area contributed by atoms with Crippen molar-refractivity contribution in [2.75, 3.05) is 40.9 Å². The molecule has 0 saturated carbocycles. The first-order chi connectivity index (χ1) is 38.0. The number of likely N-dealkylation sites (N-methyl/N-ethyl adjacent to an activating group) is 1. The third-order valence-electron chi connectivity index (χ3n) is 14.3. The van der Waals surface area contributed by atoms with Gasteiger partial charge in [0, 0.05) is 6.42 Å². The van der Waals surface area contributed by atoms with Gasteiger partial charge < -0.3 is 19.8 Å². The summed E-state index contributed by atoms with van der Waals surface area (Å²) in [5.41, 5.74) is 0. The zero-order chi connectivity index (χ0) is 57.0. The van der Waals surface area contributed by atoms with Crippen LogP contribution in [0.25, 0.3) is 0 Å². The SMILES string of the molecule is CC/C=C\C/C=C\C/C=C\C/C=C\C/C=C\C/C=C\C/C=C\C/C=C\CCCCCCCCCCCCCCC(=O)NC(COP(=O)(O)OCC[N+](C)(C)C)C(O)CCCCCCCCCCCCCCCCCCCCC. The average Bonchev–Trinajstić information content (AvgIpc) is 3.41. The number of hydrogen-bond acceptors (Lipinski definition) is 5. The molecule has 0 aliphatic carbocycles. The lowest BCUT2D eigenvalue weighted by Crippen LogP contribution is -2.46. The molecule has 78 heavy (non-hydrogen) atoms. The van der Waals surface area contributed by atoms with E-state index in [1.807, 2.05) is 21.1 Å². The molecule has 8 nitrogen and oxygen atoms in total. The lowest BCUT2D eigenvalue weighted by atomic mass is 10.0. The van der Waals surface area contributed by atoms with Crippen molar-refractivity contribution < 1.29 is 32.9 Å². The van der Waals surface area contributed by atoms with Crippen LogP contribution in [0, 0.1) is 0 Å². The Bertz CT molecular complexity index is 1590. The smallest absolute Gasteiger partial charge is 0.391 e. The second-order valence-corrected chi connectivity index (χ2v) is 24.6. The number of nitrogens with zero attached hydrogens (tertiary/aromatic N) is 1. The number of carbonyl (C=O) groups excluding carboxylic acids is 1. The summed E-state index contributed by atoms with van der Waals surface area (Å²) in [5.74, 6) is -0.147. The Morgan fingerprint density at radius 2 is 0.769 bits per heavy atom. The van der Waals surface area contributed by atoms with Crippen LogP contribution < -0.4 is 5.32 Å². The number of nitrogens with one attached hydrogen (secondary N) is 1. The van der Waals surface area contributed by atoms with E-state index in [9.17, 15) is 19.4 Å². The van der Waals surface area contributed by atoms with Crippen molar-refractivity contribution in [3.05, 3.63) is 97.2 Å². The van der Waals surface area contributed by atoms with Gasteiger partial charge >= 0.3 is 7.82 Å². The fraction of sp³-hybridized carbons (Fsp3) is 0.754. The number of carbonyl (C=O) groups is 1. The Balaban J connectivity index is 4.07. The fourth-order valence-electron chi connectivity index (χ4n) is 9.30. The number of amides is 1. The molecular formula is C69H126N2O6P+. The maximum atomic E-state index is 13.0. The molecule has 0 aliphatic rings. The van der Waals surface area contributed by atoms with Crippen molar-refractivity contribution in [3.63, 3.8) is 0 Å². The molecule has 0 radical (unpaired) electrons. The molecule has 452 valence electrons. The number of phosphoric ester groups is 1. The third kappa shape index (κ3) is 61.0. The van der Waals surface area contributed by atoms with Crippen molar-refractivity contribution in [1.82, 2.24) is 5.32 Å². The van der Waals surface area contributed by atoms with Crippen LogP contribution in [0.15, 0.2) is 97.2 Å². The molecule has 3 unspecified atom stereocenters. The van der Waals surface area contributed by atoms with E-state index in [-0.39, 0.29) is 19.1 Å². The molecule has 0 fully saturated rings.